The summed E-state index contributed by atoms with van der Waals surface area (Å²) in [6.07, 6.45) is 1.87. The van der Waals surface area contributed by atoms with Gasteiger partial charge >= 0.3 is 0 Å². The van der Waals surface area contributed by atoms with Crippen LogP contribution < -0.4 is 4.74 Å². The summed E-state index contributed by atoms with van der Waals surface area (Å²) in [7, 11) is 2.09. The number of halogens is 1. The molecule has 1 fully saturated rings. The zero-order valence-electron chi connectivity index (χ0n) is 9.23. The molecule has 0 bridgehead atoms. The van der Waals surface area contributed by atoms with Gasteiger partial charge in [0.2, 0.25) is 5.88 Å². The van der Waals surface area contributed by atoms with Crippen molar-refractivity contribution in [1.82, 2.24) is 9.88 Å². The van der Waals surface area contributed by atoms with Gasteiger partial charge in [-0.25, -0.2) is 4.98 Å². The number of hydrogen-bond acceptors (Lipinski definition) is 4. The Kier molecular flexibility index (Phi) is 4.15. The van der Waals surface area contributed by atoms with E-state index < -0.39 is 0 Å². The number of pyridine rings is 1. The van der Waals surface area contributed by atoms with Gasteiger partial charge in [-0.2, -0.15) is 0 Å². The van der Waals surface area contributed by atoms with E-state index in [9.17, 15) is 0 Å². The molecule has 1 aromatic rings. The summed E-state index contributed by atoms with van der Waals surface area (Å²) in [6.45, 7) is 3.24. The third kappa shape index (κ3) is 3.43. The molecule has 1 saturated heterocycles. The third-order valence-corrected chi connectivity index (χ3v) is 2.93. The molecule has 0 aliphatic carbocycles. The smallest absolute Gasteiger partial charge is 0.213 e. The molecule has 2 rings (SSSR count). The Balaban J connectivity index is 1.80. The van der Waals surface area contributed by atoms with Gasteiger partial charge in [0.05, 0.1) is 6.61 Å². The summed E-state index contributed by atoms with van der Waals surface area (Å²) < 4.78 is 12.1. The van der Waals surface area contributed by atoms with E-state index in [0.717, 1.165) is 24.2 Å². The number of morpholine rings is 1. The van der Waals surface area contributed by atoms with Crippen LogP contribution in [0.2, 0.25) is 0 Å². The first-order chi connectivity index (χ1) is 7.74. The minimum absolute atomic E-state index is 0.143. The van der Waals surface area contributed by atoms with Crippen molar-refractivity contribution >= 4 is 15.9 Å². The summed E-state index contributed by atoms with van der Waals surface area (Å²) >= 11 is 3.33. The Labute approximate surface area is 104 Å². The molecule has 0 radical (unpaired) electrons. The lowest BCUT2D eigenvalue weighted by Gasteiger charge is -2.29. The standard InChI is InChI=1S/C11H15BrN2O2/c1-14-4-5-15-10(7-14)8-16-11-3-2-9(12)6-13-11/h2-3,6,10H,4-5,7-8H2,1H3. The molecular weight excluding hydrogens is 272 g/mol. The number of aromatic nitrogens is 1. The van der Waals surface area contributed by atoms with E-state index in [4.69, 9.17) is 9.47 Å². The Morgan fingerprint density at radius 2 is 2.50 bits per heavy atom. The van der Waals surface area contributed by atoms with Crippen LogP contribution in [0.4, 0.5) is 0 Å². The zero-order valence-corrected chi connectivity index (χ0v) is 10.8. The van der Waals surface area contributed by atoms with Crippen LogP contribution in [0.25, 0.3) is 0 Å². The highest BCUT2D eigenvalue weighted by molar-refractivity contribution is 9.10. The lowest BCUT2D eigenvalue weighted by Crippen LogP contribution is -2.42. The fourth-order valence-electron chi connectivity index (χ4n) is 1.59. The fraction of sp³-hybridized carbons (Fsp3) is 0.545. The van der Waals surface area contributed by atoms with E-state index in [1.807, 2.05) is 12.1 Å². The topological polar surface area (TPSA) is 34.6 Å². The third-order valence-electron chi connectivity index (χ3n) is 2.46. The lowest BCUT2D eigenvalue weighted by atomic mass is 10.3. The second-order valence-corrected chi connectivity index (χ2v) is 4.80. The van der Waals surface area contributed by atoms with Gasteiger partial charge in [0, 0.05) is 29.8 Å². The first-order valence-corrected chi connectivity index (χ1v) is 6.08. The van der Waals surface area contributed by atoms with E-state index in [0.29, 0.717) is 12.5 Å². The molecule has 1 aliphatic heterocycles. The van der Waals surface area contributed by atoms with Crippen molar-refractivity contribution < 1.29 is 9.47 Å². The number of ether oxygens (including phenoxy) is 2. The van der Waals surface area contributed by atoms with E-state index in [1.165, 1.54) is 0 Å². The van der Waals surface area contributed by atoms with Crippen molar-refractivity contribution in [3.63, 3.8) is 0 Å². The lowest BCUT2D eigenvalue weighted by molar-refractivity contribution is -0.0410. The normalized spacial score (nSPS) is 22.0. The van der Waals surface area contributed by atoms with Gasteiger partial charge < -0.3 is 14.4 Å². The van der Waals surface area contributed by atoms with Crippen LogP contribution in [-0.4, -0.2) is 49.3 Å². The second-order valence-electron chi connectivity index (χ2n) is 3.88. The summed E-state index contributed by atoms with van der Waals surface area (Å²) in [5, 5.41) is 0. The summed E-state index contributed by atoms with van der Waals surface area (Å²) in [6, 6.07) is 3.76. The van der Waals surface area contributed by atoms with Gasteiger partial charge in [-0.3, -0.25) is 0 Å². The molecule has 1 unspecified atom stereocenters. The Morgan fingerprint density at radius 3 is 3.19 bits per heavy atom. The molecule has 0 saturated carbocycles. The molecule has 88 valence electrons. The van der Waals surface area contributed by atoms with Crippen LogP contribution in [0, 0.1) is 0 Å². The molecule has 0 amide bonds. The van der Waals surface area contributed by atoms with Crippen molar-refractivity contribution in [3.8, 4) is 5.88 Å². The van der Waals surface area contributed by atoms with Gasteiger partial charge in [0.25, 0.3) is 0 Å². The number of rotatable bonds is 3. The largest absolute Gasteiger partial charge is 0.475 e. The molecule has 0 N–H and O–H groups in total. The van der Waals surface area contributed by atoms with E-state index in [1.54, 1.807) is 6.20 Å². The molecule has 2 heterocycles. The molecular formula is C11H15BrN2O2. The van der Waals surface area contributed by atoms with Crippen LogP contribution >= 0.6 is 15.9 Å². The Bertz CT molecular complexity index is 331. The molecule has 1 atom stereocenters. The average Bonchev–Trinajstić information content (AvgIpc) is 2.28. The quantitative estimate of drug-likeness (QED) is 0.845. The molecule has 1 aromatic heterocycles. The maximum absolute atomic E-state index is 5.59. The minimum Gasteiger partial charge on any atom is -0.475 e. The number of hydrogen-bond donors (Lipinski definition) is 0. The van der Waals surface area contributed by atoms with Gasteiger partial charge in [-0.1, -0.05) is 0 Å². The van der Waals surface area contributed by atoms with Gasteiger partial charge in [-0.15, -0.1) is 0 Å². The first kappa shape index (κ1) is 11.8. The van der Waals surface area contributed by atoms with Crippen LogP contribution in [0.15, 0.2) is 22.8 Å². The van der Waals surface area contributed by atoms with Gasteiger partial charge in [-0.05, 0) is 29.0 Å². The number of likely N-dealkylation sites (N-methyl/N-ethyl adjacent to an activating group) is 1. The Morgan fingerprint density at radius 1 is 1.62 bits per heavy atom. The van der Waals surface area contributed by atoms with E-state index in [2.05, 4.69) is 32.9 Å². The van der Waals surface area contributed by atoms with Crippen molar-refractivity contribution in [3.05, 3.63) is 22.8 Å². The summed E-state index contributed by atoms with van der Waals surface area (Å²) in [5.74, 6) is 0.639. The van der Waals surface area contributed by atoms with Crippen LogP contribution in [0.3, 0.4) is 0 Å². The maximum Gasteiger partial charge on any atom is 0.213 e. The maximum atomic E-state index is 5.59. The van der Waals surface area contributed by atoms with Gasteiger partial charge in [0.1, 0.15) is 12.7 Å². The predicted octanol–water partition coefficient (Wildman–Crippen LogP) is 1.55. The number of nitrogens with zero attached hydrogens (tertiary/aromatic N) is 2. The molecule has 0 aromatic carbocycles. The highest BCUT2D eigenvalue weighted by Crippen LogP contribution is 2.13. The fourth-order valence-corrected chi connectivity index (χ4v) is 1.83. The van der Waals surface area contributed by atoms with Crippen LogP contribution in [0.5, 0.6) is 5.88 Å². The average molecular weight is 287 g/mol. The SMILES string of the molecule is CN1CCOC(COc2ccc(Br)cn2)C1. The van der Waals surface area contributed by atoms with Crippen LogP contribution in [-0.2, 0) is 4.74 Å². The molecule has 5 heteroatoms. The highest BCUT2D eigenvalue weighted by Gasteiger charge is 2.18. The molecule has 1 aliphatic rings. The van der Waals surface area contributed by atoms with Gasteiger partial charge in [0.15, 0.2) is 0 Å². The summed E-state index contributed by atoms with van der Waals surface area (Å²) in [4.78, 5) is 6.39. The van der Waals surface area contributed by atoms with Crippen molar-refractivity contribution in [2.45, 2.75) is 6.10 Å². The molecule has 4 nitrogen and oxygen atoms in total. The van der Waals surface area contributed by atoms with Crippen molar-refractivity contribution in [2.75, 3.05) is 33.4 Å². The first-order valence-electron chi connectivity index (χ1n) is 5.28. The van der Waals surface area contributed by atoms with E-state index in [-0.39, 0.29) is 6.10 Å². The van der Waals surface area contributed by atoms with Crippen LogP contribution in [0.1, 0.15) is 0 Å². The van der Waals surface area contributed by atoms with Crippen molar-refractivity contribution in [1.29, 1.82) is 0 Å². The predicted molar refractivity (Wildman–Crippen MR) is 64.7 cm³/mol. The minimum atomic E-state index is 0.143. The van der Waals surface area contributed by atoms with Crippen molar-refractivity contribution in [2.24, 2.45) is 0 Å². The summed E-state index contributed by atoms with van der Waals surface area (Å²) in [5.41, 5.74) is 0. The van der Waals surface area contributed by atoms with E-state index >= 15 is 0 Å². The monoisotopic (exact) mass is 286 g/mol. The zero-order chi connectivity index (χ0) is 11.4. The second kappa shape index (κ2) is 5.61. The highest BCUT2D eigenvalue weighted by atomic mass is 79.9. The molecule has 16 heavy (non-hydrogen) atoms. The Hall–Kier alpha value is -0.650. The molecule has 0 spiro atoms.